The normalized spacial score (nSPS) is 13.2. The van der Waals surface area contributed by atoms with Gasteiger partial charge in [0.1, 0.15) is 6.42 Å². The second-order valence-electron chi connectivity index (χ2n) is 4.06. The molecule has 116 valence electrons. The number of aliphatic hydroxyl groups excluding tert-OH is 1. The molecule has 2 atom stereocenters. The highest BCUT2D eigenvalue weighted by Gasteiger charge is 2.25. The second kappa shape index (κ2) is 7.19. The number of hydrogen-bond acceptors (Lipinski definition) is 7. The maximum absolute atomic E-state index is 11.4. The Kier molecular flexibility index (Phi) is 5.60. The molecule has 11 nitrogen and oxygen atoms in total. The van der Waals surface area contributed by atoms with Gasteiger partial charge in [0.25, 0.3) is 0 Å². The zero-order valence-corrected chi connectivity index (χ0v) is 10.9. The number of aliphatic hydroxyl groups is 1. The summed E-state index contributed by atoms with van der Waals surface area (Å²) in [5.41, 5.74) is 0. The van der Waals surface area contributed by atoms with Crippen LogP contribution in [0.25, 0.3) is 0 Å². The highest BCUT2D eigenvalue weighted by Crippen LogP contribution is 1.98. The van der Waals surface area contributed by atoms with Crippen LogP contribution in [0.4, 0.5) is 4.79 Å². The average molecular weight is 302 g/mol. The maximum atomic E-state index is 11.4. The van der Waals surface area contributed by atoms with Gasteiger partial charge in [-0.1, -0.05) is 5.16 Å². The van der Waals surface area contributed by atoms with E-state index in [0.717, 1.165) is 0 Å². The molecule has 1 aromatic rings. The molecule has 0 aliphatic rings. The number of amides is 2. The van der Waals surface area contributed by atoms with Crippen molar-refractivity contribution in [3.63, 3.8) is 0 Å². The fraction of sp³-hybridized carbons (Fsp3) is 0.500. The lowest BCUT2D eigenvalue weighted by Crippen LogP contribution is -2.51. The van der Waals surface area contributed by atoms with Gasteiger partial charge in [-0.05, 0) is 6.92 Å². The molecule has 0 aliphatic carbocycles. The van der Waals surface area contributed by atoms with Crippen molar-refractivity contribution in [2.45, 2.75) is 32.0 Å². The number of hydrogen-bond donors (Lipinski definition) is 5. The first kappa shape index (κ1) is 16.4. The Balaban J connectivity index is 2.47. The third-order valence-corrected chi connectivity index (χ3v) is 2.25. The summed E-state index contributed by atoms with van der Waals surface area (Å²) in [5, 5.41) is 34.1. The number of nitrogens with zero attached hydrogens (tertiary/aromatic N) is 2. The van der Waals surface area contributed by atoms with Crippen molar-refractivity contribution < 1.29 is 34.2 Å². The third-order valence-electron chi connectivity index (χ3n) is 2.25. The van der Waals surface area contributed by atoms with E-state index in [1.807, 2.05) is 5.32 Å². The minimum Gasteiger partial charge on any atom is -0.481 e. The summed E-state index contributed by atoms with van der Waals surface area (Å²) in [4.78, 5) is 36.3. The Morgan fingerprint density at radius 2 is 2.00 bits per heavy atom. The van der Waals surface area contributed by atoms with E-state index >= 15 is 0 Å². The SMILES string of the molecule is CC(O)[C@H](NC(=O)NCc1nc(CC(=O)O)no1)C(=O)O. The first-order chi connectivity index (χ1) is 9.79. The van der Waals surface area contributed by atoms with Crippen molar-refractivity contribution >= 4 is 18.0 Å². The van der Waals surface area contributed by atoms with Crippen LogP contribution in [-0.4, -0.2) is 55.6 Å². The number of urea groups is 1. The van der Waals surface area contributed by atoms with E-state index in [9.17, 15) is 19.5 Å². The van der Waals surface area contributed by atoms with Gasteiger partial charge in [0.2, 0.25) is 5.89 Å². The maximum Gasteiger partial charge on any atom is 0.328 e. The number of carbonyl (C=O) groups is 3. The zero-order valence-electron chi connectivity index (χ0n) is 10.9. The number of rotatable bonds is 7. The van der Waals surface area contributed by atoms with Crippen molar-refractivity contribution in [1.82, 2.24) is 20.8 Å². The number of aliphatic carboxylic acids is 2. The molecule has 1 aromatic heterocycles. The zero-order chi connectivity index (χ0) is 16.0. The van der Waals surface area contributed by atoms with E-state index in [1.54, 1.807) is 0 Å². The molecule has 1 unspecified atom stereocenters. The number of carboxylic acid groups (broad SMARTS) is 2. The molecule has 5 N–H and O–H groups in total. The van der Waals surface area contributed by atoms with Crippen molar-refractivity contribution in [1.29, 1.82) is 0 Å². The number of carbonyl (C=O) groups excluding carboxylic acids is 1. The lowest BCUT2D eigenvalue weighted by molar-refractivity contribution is -0.141. The minimum atomic E-state index is -1.46. The molecule has 0 aliphatic heterocycles. The van der Waals surface area contributed by atoms with Crippen molar-refractivity contribution in [3.05, 3.63) is 11.7 Å². The van der Waals surface area contributed by atoms with Crippen molar-refractivity contribution in [2.24, 2.45) is 0 Å². The van der Waals surface area contributed by atoms with E-state index in [1.165, 1.54) is 6.92 Å². The Hall–Kier alpha value is -2.69. The van der Waals surface area contributed by atoms with E-state index in [2.05, 4.69) is 20.0 Å². The van der Waals surface area contributed by atoms with Gasteiger partial charge >= 0.3 is 18.0 Å². The molecule has 0 aromatic carbocycles. The molecule has 0 radical (unpaired) electrons. The summed E-state index contributed by atoms with van der Waals surface area (Å²) in [6, 6.07) is -2.32. The predicted octanol–water partition coefficient (Wildman–Crippen LogP) is -1.67. The highest BCUT2D eigenvalue weighted by atomic mass is 16.5. The molecule has 2 amide bonds. The fourth-order valence-corrected chi connectivity index (χ4v) is 1.31. The monoisotopic (exact) mass is 302 g/mol. The van der Waals surface area contributed by atoms with Gasteiger partial charge in [0.15, 0.2) is 11.9 Å². The number of carboxylic acids is 2. The van der Waals surface area contributed by atoms with Crippen LogP contribution in [0.2, 0.25) is 0 Å². The molecule has 1 heterocycles. The minimum absolute atomic E-state index is 0.0367. The van der Waals surface area contributed by atoms with Gasteiger partial charge in [-0.2, -0.15) is 4.98 Å². The van der Waals surface area contributed by atoms with Crippen molar-refractivity contribution in [3.8, 4) is 0 Å². The van der Waals surface area contributed by atoms with Crippen LogP contribution in [0.3, 0.4) is 0 Å². The third kappa shape index (κ3) is 5.44. The highest BCUT2D eigenvalue weighted by molar-refractivity contribution is 5.82. The largest absolute Gasteiger partial charge is 0.481 e. The lowest BCUT2D eigenvalue weighted by atomic mass is 10.2. The van der Waals surface area contributed by atoms with Crippen LogP contribution >= 0.6 is 0 Å². The molecule has 0 fully saturated rings. The standard InChI is InChI=1S/C10H14N4O7/c1-4(15)8(9(18)19)13-10(20)11-3-6-12-5(14-21-6)2-7(16)17/h4,8,15H,2-3H2,1H3,(H,16,17)(H,18,19)(H2,11,13,20)/t4?,8-/m0/s1. The van der Waals surface area contributed by atoms with E-state index in [-0.39, 0.29) is 18.3 Å². The van der Waals surface area contributed by atoms with Crippen LogP contribution in [-0.2, 0) is 22.6 Å². The Morgan fingerprint density at radius 3 is 2.52 bits per heavy atom. The first-order valence-corrected chi connectivity index (χ1v) is 5.78. The smallest absolute Gasteiger partial charge is 0.328 e. The van der Waals surface area contributed by atoms with E-state index in [0.29, 0.717) is 0 Å². The number of nitrogens with one attached hydrogen (secondary N) is 2. The van der Waals surface area contributed by atoms with E-state index in [4.69, 9.17) is 10.2 Å². The van der Waals surface area contributed by atoms with Gasteiger partial charge < -0.3 is 30.5 Å². The van der Waals surface area contributed by atoms with Gasteiger partial charge in [-0.25, -0.2) is 9.59 Å². The van der Waals surface area contributed by atoms with Gasteiger partial charge in [0, 0.05) is 0 Å². The molecule has 0 spiro atoms. The molecule has 1 rings (SSSR count). The van der Waals surface area contributed by atoms with Crippen LogP contribution in [0, 0.1) is 0 Å². The Morgan fingerprint density at radius 1 is 1.33 bits per heavy atom. The van der Waals surface area contributed by atoms with E-state index < -0.39 is 36.5 Å². The summed E-state index contributed by atoms with van der Waals surface area (Å²) in [6.45, 7) is 1.000. The Bertz CT molecular complexity index is 527. The molecule has 21 heavy (non-hydrogen) atoms. The summed E-state index contributed by atoms with van der Waals surface area (Å²) >= 11 is 0. The molecule has 0 saturated carbocycles. The van der Waals surface area contributed by atoms with Crippen LogP contribution in [0.1, 0.15) is 18.6 Å². The van der Waals surface area contributed by atoms with Crippen LogP contribution in [0.5, 0.6) is 0 Å². The topological polar surface area (TPSA) is 175 Å². The molecular formula is C10H14N4O7. The van der Waals surface area contributed by atoms with Gasteiger partial charge in [-0.3, -0.25) is 4.79 Å². The van der Waals surface area contributed by atoms with Crippen LogP contribution in [0.15, 0.2) is 4.52 Å². The quantitative estimate of drug-likeness (QED) is 0.394. The summed E-state index contributed by atoms with van der Waals surface area (Å²) in [6.07, 6.45) is -1.70. The number of aromatic nitrogens is 2. The summed E-state index contributed by atoms with van der Waals surface area (Å²) in [7, 11) is 0. The Labute approximate surface area is 118 Å². The second-order valence-corrected chi connectivity index (χ2v) is 4.06. The first-order valence-electron chi connectivity index (χ1n) is 5.78. The molecule has 11 heteroatoms. The van der Waals surface area contributed by atoms with Crippen molar-refractivity contribution in [2.75, 3.05) is 0 Å². The molecule has 0 bridgehead atoms. The lowest BCUT2D eigenvalue weighted by Gasteiger charge is -2.16. The predicted molar refractivity (Wildman–Crippen MR) is 64.1 cm³/mol. The van der Waals surface area contributed by atoms with Crippen LogP contribution < -0.4 is 10.6 Å². The average Bonchev–Trinajstić information content (AvgIpc) is 2.79. The van der Waals surface area contributed by atoms with Gasteiger partial charge in [0.05, 0.1) is 12.6 Å². The summed E-state index contributed by atoms with van der Waals surface area (Å²) < 4.78 is 4.68. The van der Waals surface area contributed by atoms with Gasteiger partial charge in [-0.15, -0.1) is 0 Å². The molecule has 0 saturated heterocycles. The molecular weight excluding hydrogens is 288 g/mol. The fourth-order valence-electron chi connectivity index (χ4n) is 1.31. The summed E-state index contributed by atoms with van der Waals surface area (Å²) in [5.74, 6) is -2.60.